The zero-order chi connectivity index (χ0) is 24.6. The summed E-state index contributed by atoms with van der Waals surface area (Å²) in [6.45, 7) is 14.9. The summed E-state index contributed by atoms with van der Waals surface area (Å²) in [6.07, 6.45) is -0.293. The normalized spacial score (nSPS) is 22.9. The van der Waals surface area contributed by atoms with Crippen LogP contribution in [0.2, 0.25) is 18.1 Å². The highest BCUT2D eigenvalue weighted by Gasteiger charge is 2.50. The summed E-state index contributed by atoms with van der Waals surface area (Å²) in [4.78, 5) is 9.94. The average molecular weight is 479 g/mol. The molecule has 3 unspecified atom stereocenters. The molecule has 0 bridgehead atoms. The van der Waals surface area contributed by atoms with Crippen molar-refractivity contribution < 1.29 is 9.16 Å². The second kappa shape index (κ2) is 9.38. The molecule has 3 atom stereocenters. The van der Waals surface area contributed by atoms with Crippen LogP contribution in [0.3, 0.4) is 0 Å². The van der Waals surface area contributed by atoms with E-state index in [9.17, 15) is 0 Å². The number of nitrogens with two attached hydrogens (primary N) is 1. The molecule has 6 nitrogen and oxygen atoms in total. The summed E-state index contributed by atoms with van der Waals surface area (Å²) >= 11 is 0. The van der Waals surface area contributed by atoms with E-state index in [0.29, 0.717) is 19.8 Å². The van der Waals surface area contributed by atoms with E-state index in [1.807, 2.05) is 25.1 Å². The highest BCUT2D eigenvalue weighted by atomic mass is 28.4. The Morgan fingerprint density at radius 2 is 1.74 bits per heavy atom. The Balaban J connectivity index is 1.79. The third-order valence-corrected chi connectivity index (χ3v) is 11.8. The van der Waals surface area contributed by atoms with Gasteiger partial charge in [0, 0.05) is 30.4 Å². The molecule has 2 heterocycles. The van der Waals surface area contributed by atoms with Gasteiger partial charge in [0.2, 0.25) is 0 Å². The molecular formula is C27H38N4O2Si. The van der Waals surface area contributed by atoms with Gasteiger partial charge in [-0.15, -0.1) is 0 Å². The Morgan fingerprint density at radius 3 is 2.41 bits per heavy atom. The number of fused-ring (bicyclic) bond motifs is 3. The molecule has 0 saturated carbocycles. The van der Waals surface area contributed by atoms with Crippen LogP contribution in [0.25, 0.3) is 0 Å². The van der Waals surface area contributed by atoms with Gasteiger partial charge in [0.05, 0.1) is 12.3 Å². The summed E-state index contributed by atoms with van der Waals surface area (Å²) in [6, 6.07) is 18.6. The standard InChI is InChI=1S/C27H38N4O2Si/c1-7-32-18-23-29-24-20-15-11-12-16-22(20)31-27(28,25(24)30-23)21(19-13-9-8-10-14-19)17-33-34(5,6)26(2,3)4/h8-16,21,23,31H,7,17-18,28H2,1-6H3. The summed E-state index contributed by atoms with van der Waals surface area (Å²) < 4.78 is 12.4. The van der Waals surface area contributed by atoms with E-state index >= 15 is 0 Å². The molecule has 0 saturated heterocycles. The Kier molecular flexibility index (Phi) is 6.84. The molecule has 2 aromatic rings. The lowest BCUT2D eigenvalue weighted by molar-refractivity contribution is 0.136. The predicted octanol–water partition coefficient (Wildman–Crippen LogP) is 5.18. The number of hydrogen-bond acceptors (Lipinski definition) is 6. The highest BCUT2D eigenvalue weighted by Crippen LogP contribution is 2.41. The topological polar surface area (TPSA) is 81.2 Å². The van der Waals surface area contributed by atoms with Crippen molar-refractivity contribution in [1.82, 2.24) is 0 Å². The fourth-order valence-corrected chi connectivity index (χ4v) is 5.28. The largest absolute Gasteiger partial charge is 0.416 e. The van der Waals surface area contributed by atoms with Crippen molar-refractivity contribution in [2.75, 3.05) is 25.1 Å². The highest BCUT2D eigenvalue weighted by molar-refractivity contribution is 6.74. The molecule has 0 radical (unpaired) electrons. The summed E-state index contributed by atoms with van der Waals surface area (Å²) in [5.41, 5.74) is 11.1. The number of para-hydroxylation sites is 1. The Hall–Kier alpha value is -2.32. The molecule has 34 heavy (non-hydrogen) atoms. The first-order valence-corrected chi connectivity index (χ1v) is 15.1. The zero-order valence-electron chi connectivity index (χ0n) is 21.3. The minimum absolute atomic E-state index is 0.0999. The lowest BCUT2D eigenvalue weighted by Gasteiger charge is -2.45. The Bertz CT molecular complexity index is 1080. The van der Waals surface area contributed by atoms with Crippen molar-refractivity contribution in [3.8, 4) is 0 Å². The maximum atomic E-state index is 7.34. The van der Waals surface area contributed by atoms with Crippen molar-refractivity contribution >= 4 is 25.4 Å². The van der Waals surface area contributed by atoms with E-state index < -0.39 is 14.0 Å². The van der Waals surface area contributed by atoms with Crippen LogP contribution >= 0.6 is 0 Å². The number of nitrogens with zero attached hydrogens (tertiary/aromatic N) is 2. The number of anilines is 1. The average Bonchev–Trinajstić information content (AvgIpc) is 3.23. The second-order valence-electron chi connectivity index (χ2n) is 10.7. The van der Waals surface area contributed by atoms with E-state index in [0.717, 1.165) is 28.2 Å². The molecule has 4 rings (SSSR count). The van der Waals surface area contributed by atoms with Crippen molar-refractivity contribution in [1.29, 1.82) is 0 Å². The molecular weight excluding hydrogens is 440 g/mol. The van der Waals surface area contributed by atoms with E-state index in [1.165, 1.54) is 0 Å². The SMILES string of the molecule is CCOCC1N=C2C(=N1)C(N)(C(CO[Si](C)(C)C(C)(C)C)c1ccccc1)Nc1ccccc12. The summed E-state index contributed by atoms with van der Waals surface area (Å²) in [5, 5.41) is 3.76. The Labute approximate surface area is 204 Å². The third kappa shape index (κ3) is 4.62. The number of aliphatic imine (C=N–C) groups is 2. The van der Waals surface area contributed by atoms with Gasteiger partial charge >= 0.3 is 0 Å². The molecule has 0 aliphatic carbocycles. The zero-order valence-corrected chi connectivity index (χ0v) is 22.3. The van der Waals surface area contributed by atoms with Crippen molar-refractivity contribution in [2.24, 2.45) is 15.7 Å². The van der Waals surface area contributed by atoms with Gasteiger partial charge in [-0.05, 0) is 36.7 Å². The summed E-state index contributed by atoms with van der Waals surface area (Å²) in [5.74, 6) is -0.161. The van der Waals surface area contributed by atoms with Crippen LogP contribution in [0, 0.1) is 0 Å². The van der Waals surface area contributed by atoms with E-state index in [4.69, 9.17) is 24.9 Å². The molecule has 3 N–H and O–H groups in total. The van der Waals surface area contributed by atoms with Crippen LogP contribution in [0.1, 0.15) is 44.7 Å². The molecule has 0 amide bonds. The van der Waals surface area contributed by atoms with Crippen LogP contribution in [-0.4, -0.2) is 51.4 Å². The van der Waals surface area contributed by atoms with Gasteiger partial charge in [-0.2, -0.15) is 0 Å². The van der Waals surface area contributed by atoms with Crippen LogP contribution in [0.4, 0.5) is 5.69 Å². The van der Waals surface area contributed by atoms with Crippen LogP contribution in [-0.2, 0) is 9.16 Å². The molecule has 0 spiro atoms. The predicted molar refractivity (Wildman–Crippen MR) is 144 cm³/mol. The van der Waals surface area contributed by atoms with Gasteiger partial charge in [-0.3, -0.25) is 9.98 Å². The van der Waals surface area contributed by atoms with Crippen LogP contribution < -0.4 is 11.1 Å². The van der Waals surface area contributed by atoms with Crippen molar-refractivity contribution in [3.63, 3.8) is 0 Å². The van der Waals surface area contributed by atoms with Gasteiger partial charge in [-0.25, -0.2) is 0 Å². The Morgan fingerprint density at radius 1 is 1.06 bits per heavy atom. The first kappa shape index (κ1) is 24.8. The van der Waals surface area contributed by atoms with Crippen LogP contribution in [0.15, 0.2) is 64.6 Å². The monoisotopic (exact) mass is 478 g/mol. The van der Waals surface area contributed by atoms with Crippen molar-refractivity contribution in [3.05, 3.63) is 65.7 Å². The molecule has 182 valence electrons. The van der Waals surface area contributed by atoms with Gasteiger partial charge in [0.1, 0.15) is 11.4 Å². The number of ether oxygens (including phenoxy) is 1. The lowest BCUT2D eigenvalue weighted by Crippen LogP contribution is -2.64. The van der Waals surface area contributed by atoms with Gasteiger partial charge in [0.15, 0.2) is 14.5 Å². The van der Waals surface area contributed by atoms with E-state index in [1.54, 1.807) is 0 Å². The quantitative estimate of drug-likeness (QED) is 0.512. The molecule has 2 aliphatic rings. The fraction of sp³-hybridized carbons (Fsp3) is 0.481. The number of hydrogen-bond donors (Lipinski definition) is 2. The molecule has 7 heteroatoms. The summed E-state index contributed by atoms with van der Waals surface area (Å²) in [7, 11) is -2.01. The van der Waals surface area contributed by atoms with Gasteiger partial charge < -0.3 is 20.2 Å². The molecule has 0 aromatic heterocycles. The maximum absolute atomic E-state index is 7.34. The first-order valence-electron chi connectivity index (χ1n) is 12.2. The smallest absolute Gasteiger partial charge is 0.192 e. The minimum atomic E-state index is -2.01. The minimum Gasteiger partial charge on any atom is -0.416 e. The molecule has 0 fully saturated rings. The number of nitrogens with one attached hydrogen (secondary N) is 1. The lowest BCUT2D eigenvalue weighted by atomic mass is 9.78. The molecule has 2 aliphatic heterocycles. The van der Waals surface area contributed by atoms with Crippen LogP contribution in [0.5, 0.6) is 0 Å². The first-order chi connectivity index (χ1) is 16.1. The molecule has 2 aromatic carbocycles. The number of benzene rings is 2. The van der Waals surface area contributed by atoms with Gasteiger partial charge in [0.25, 0.3) is 0 Å². The second-order valence-corrected chi connectivity index (χ2v) is 15.5. The van der Waals surface area contributed by atoms with E-state index in [-0.39, 0.29) is 17.1 Å². The van der Waals surface area contributed by atoms with Crippen molar-refractivity contribution in [2.45, 2.75) is 63.6 Å². The fourth-order valence-electron chi connectivity index (χ4n) is 4.26. The maximum Gasteiger partial charge on any atom is 0.192 e. The third-order valence-electron chi connectivity index (χ3n) is 7.34. The van der Waals surface area contributed by atoms with E-state index in [2.05, 4.69) is 75.6 Å². The van der Waals surface area contributed by atoms with Gasteiger partial charge in [-0.1, -0.05) is 69.3 Å². The number of rotatable bonds is 8.